The number of piperidine rings is 1. The standard InChI is InChI=1S/C25H23F2N3O5S2/c1-34-21-5-2-6-22-23(21)28-25(36-22)30(15-17-4-3-13-35-17)24(31)16-9-11-29(12-10-16)37(32,33)18-7-8-19(26)20(27)14-18/h2-8,13-14,16H,9-12,15H2,1H3. The topological polar surface area (TPSA) is 93.0 Å². The summed E-state index contributed by atoms with van der Waals surface area (Å²) >= 11 is 1.35. The Hall–Kier alpha value is -3.35. The van der Waals surface area contributed by atoms with Gasteiger partial charge in [-0.2, -0.15) is 4.31 Å². The first-order valence-electron chi connectivity index (χ1n) is 11.5. The maximum absolute atomic E-state index is 13.7. The first-order valence-corrected chi connectivity index (χ1v) is 13.8. The molecule has 1 aliphatic rings. The summed E-state index contributed by atoms with van der Waals surface area (Å²) < 4.78 is 65.8. The Labute approximate surface area is 216 Å². The second kappa shape index (κ2) is 10.2. The first kappa shape index (κ1) is 25.3. The number of anilines is 1. The first-order chi connectivity index (χ1) is 17.8. The lowest BCUT2D eigenvalue weighted by atomic mass is 9.96. The number of benzene rings is 2. The van der Waals surface area contributed by atoms with Crippen LogP contribution in [0.4, 0.5) is 13.9 Å². The van der Waals surface area contributed by atoms with Crippen molar-refractivity contribution in [3.8, 4) is 5.75 Å². The number of nitrogens with zero attached hydrogens (tertiary/aromatic N) is 3. The van der Waals surface area contributed by atoms with Crippen molar-refractivity contribution in [3.05, 3.63) is 72.2 Å². The van der Waals surface area contributed by atoms with E-state index in [4.69, 9.17) is 9.15 Å². The number of halogens is 2. The van der Waals surface area contributed by atoms with Crippen LogP contribution in [0.1, 0.15) is 18.6 Å². The van der Waals surface area contributed by atoms with Crippen LogP contribution in [-0.2, 0) is 21.4 Å². The van der Waals surface area contributed by atoms with Crippen LogP contribution in [0, 0.1) is 17.6 Å². The van der Waals surface area contributed by atoms with E-state index in [9.17, 15) is 22.0 Å². The number of carbonyl (C=O) groups is 1. The van der Waals surface area contributed by atoms with E-state index >= 15 is 0 Å². The van der Waals surface area contributed by atoms with E-state index in [0.717, 1.165) is 16.8 Å². The average molecular weight is 548 g/mol. The Morgan fingerprint density at radius 2 is 1.95 bits per heavy atom. The molecule has 1 fully saturated rings. The Kier molecular flexibility index (Phi) is 6.97. The SMILES string of the molecule is COc1cccc2sc(N(Cc3ccco3)C(=O)C3CCN(S(=O)(=O)c4ccc(F)c(F)c4)CC3)nc12. The highest BCUT2D eigenvalue weighted by atomic mass is 32.2. The number of ether oxygens (including phenoxy) is 1. The van der Waals surface area contributed by atoms with E-state index in [1.165, 1.54) is 21.9 Å². The molecule has 0 N–H and O–H groups in total. The highest BCUT2D eigenvalue weighted by molar-refractivity contribution is 7.89. The van der Waals surface area contributed by atoms with E-state index in [1.807, 2.05) is 12.1 Å². The third-order valence-corrected chi connectivity index (χ3v) is 9.25. The third-order valence-electron chi connectivity index (χ3n) is 6.31. The van der Waals surface area contributed by atoms with E-state index in [-0.39, 0.29) is 43.3 Å². The van der Waals surface area contributed by atoms with Crippen molar-refractivity contribution in [2.45, 2.75) is 24.3 Å². The molecule has 0 aliphatic carbocycles. The number of para-hydroxylation sites is 1. The number of amides is 1. The van der Waals surface area contributed by atoms with Gasteiger partial charge in [0.2, 0.25) is 15.9 Å². The average Bonchev–Trinajstić information content (AvgIpc) is 3.58. The van der Waals surface area contributed by atoms with Crippen LogP contribution in [0.25, 0.3) is 10.2 Å². The molecule has 0 atom stereocenters. The molecule has 0 spiro atoms. The summed E-state index contributed by atoms with van der Waals surface area (Å²) in [5.41, 5.74) is 0.648. The molecular weight excluding hydrogens is 524 g/mol. The van der Waals surface area contributed by atoms with Gasteiger partial charge in [-0.3, -0.25) is 9.69 Å². The van der Waals surface area contributed by atoms with E-state index in [1.54, 1.807) is 30.2 Å². The van der Waals surface area contributed by atoms with Gasteiger partial charge in [0.15, 0.2) is 16.8 Å². The lowest BCUT2D eigenvalue weighted by molar-refractivity contribution is -0.123. The van der Waals surface area contributed by atoms with Gasteiger partial charge < -0.3 is 9.15 Å². The van der Waals surface area contributed by atoms with Crippen molar-refractivity contribution in [3.63, 3.8) is 0 Å². The molecule has 8 nitrogen and oxygen atoms in total. The molecule has 194 valence electrons. The molecule has 1 aliphatic heterocycles. The van der Waals surface area contributed by atoms with Gasteiger partial charge in [0.25, 0.3) is 0 Å². The number of hydrogen-bond donors (Lipinski definition) is 0. The Bertz CT molecular complexity index is 1530. The quantitative estimate of drug-likeness (QED) is 0.330. The third kappa shape index (κ3) is 4.96. The minimum atomic E-state index is -4.03. The summed E-state index contributed by atoms with van der Waals surface area (Å²) in [6.45, 7) is 0.307. The maximum Gasteiger partial charge on any atom is 0.243 e. The fourth-order valence-corrected chi connectivity index (χ4v) is 6.81. The van der Waals surface area contributed by atoms with Crippen LogP contribution in [-0.4, -0.2) is 43.8 Å². The minimum Gasteiger partial charge on any atom is -0.494 e. The summed E-state index contributed by atoms with van der Waals surface area (Å²) in [5, 5.41) is 0.484. The molecule has 0 bridgehead atoms. The molecule has 0 unspecified atom stereocenters. The second-order valence-corrected chi connectivity index (χ2v) is 11.5. The van der Waals surface area contributed by atoms with Gasteiger partial charge in [-0.05, 0) is 55.3 Å². The van der Waals surface area contributed by atoms with Gasteiger partial charge in [-0.25, -0.2) is 22.2 Å². The molecular formula is C25H23F2N3O5S2. The molecule has 1 amide bonds. The predicted molar refractivity (Wildman–Crippen MR) is 134 cm³/mol. The van der Waals surface area contributed by atoms with E-state index in [2.05, 4.69) is 4.98 Å². The molecule has 2 aromatic heterocycles. The van der Waals surface area contributed by atoms with Gasteiger partial charge in [0.1, 0.15) is 17.0 Å². The fraction of sp³-hybridized carbons (Fsp3) is 0.280. The zero-order chi connectivity index (χ0) is 26.2. The minimum absolute atomic E-state index is 0.0694. The van der Waals surface area contributed by atoms with Crippen LogP contribution >= 0.6 is 11.3 Å². The van der Waals surface area contributed by atoms with Gasteiger partial charge in [0.05, 0.1) is 29.5 Å². The Morgan fingerprint density at radius 1 is 1.16 bits per heavy atom. The molecule has 12 heteroatoms. The van der Waals surface area contributed by atoms with Crippen molar-refractivity contribution in [1.29, 1.82) is 0 Å². The van der Waals surface area contributed by atoms with Crippen molar-refractivity contribution >= 4 is 42.6 Å². The lowest BCUT2D eigenvalue weighted by Gasteiger charge is -2.32. The predicted octanol–water partition coefficient (Wildman–Crippen LogP) is 4.81. The zero-order valence-electron chi connectivity index (χ0n) is 19.8. The molecule has 2 aromatic carbocycles. The largest absolute Gasteiger partial charge is 0.494 e. The molecule has 3 heterocycles. The number of furan rings is 1. The number of rotatable bonds is 7. The number of sulfonamides is 1. The van der Waals surface area contributed by atoms with Crippen LogP contribution in [0.5, 0.6) is 5.75 Å². The monoisotopic (exact) mass is 547 g/mol. The van der Waals surface area contributed by atoms with Gasteiger partial charge in [0, 0.05) is 19.0 Å². The number of carbonyl (C=O) groups excluding carboxylic acids is 1. The van der Waals surface area contributed by atoms with Gasteiger partial charge in [-0.1, -0.05) is 17.4 Å². The molecule has 1 saturated heterocycles. The number of fused-ring (bicyclic) bond motifs is 1. The molecule has 4 aromatic rings. The smallest absolute Gasteiger partial charge is 0.243 e. The molecule has 37 heavy (non-hydrogen) atoms. The molecule has 5 rings (SSSR count). The van der Waals surface area contributed by atoms with Crippen molar-refractivity contribution in [1.82, 2.24) is 9.29 Å². The molecule has 0 saturated carbocycles. The maximum atomic E-state index is 13.7. The second-order valence-electron chi connectivity index (χ2n) is 8.56. The summed E-state index contributed by atoms with van der Waals surface area (Å²) in [6, 6.07) is 11.6. The summed E-state index contributed by atoms with van der Waals surface area (Å²) in [7, 11) is -2.47. The van der Waals surface area contributed by atoms with Crippen LogP contribution in [0.3, 0.4) is 0 Å². The normalized spacial score (nSPS) is 15.2. The fourth-order valence-electron chi connectivity index (χ4n) is 4.34. The van der Waals surface area contributed by atoms with Crippen LogP contribution < -0.4 is 9.64 Å². The van der Waals surface area contributed by atoms with E-state index in [0.29, 0.717) is 28.2 Å². The van der Waals surface area contributed by atoms with Crippen molar-refractivity contribution < 1.29 is 31.1 Å². The van der Waals surface area contributed by atoms with Crippen LogP contribution in [0.15, 0.2) is 64.1 Å². The number of aromatic nitrogens is 1. The Balaban J connectivity index is 1.37. The molecule has 0 radical (unpaired) electrons. The van der Waals surface area contributed by atoms with Crippen LogP contribution in [0.2, 0.25) is 0 Å². The number of methoxy groups -OCH3 is 1. The van der Waals surface area contributed by atoms with Gasteiger partial charge in [-0.15, -0.1) is 0 Å². The highest BCUT2D eigenvalue weighted by Crippen LogP contribution is 2.36. The Morgan fingerprint density at radius 3 is 2.62 bits per heavy atom. The zero-order valence-corrected chi connectivity index (χ0v) is 21.4. The highest BCUT2D eigenvalue weighted by Gasteiger charge is 2.35. The summed E-state index contributed by atoms with van der Waals surface area (Å²) in [4.78, 5) is 19.6. The number of thiazole rings is 1. The number of hydrogen-bond acceptors (Lipinski definition) is 7. The summed E-state index contributed by atoms with van der Waals surface area (Å²) in [6.07, 6.45) is 2.07. The lowest BCUT2D eigenvalue weighted by Crippen LogP contribution is -2.44. The summed E-state index contributed by atoms with van der Waals surface area (Å²) in [5.74, 6) is -1.82. The van der Waals surface area contributed by atoms with Gasteiger partial charge >= 0.3 is 0 Å². The van der Waals surface area contributed by atoms with Crippen molar-refractivity contribution in [2.75, 3.05) is 25.1 Å². The van der Waals surface area contributed by atoms with Crippen molar-refractivity contribution in [2.24, 2.45) is 5.92 Å². The van der Waals surface area contributed by atoms with E-state index < -0.39 is 27.6 Å².